The highest BCUT2D eigenvalue weighted by atomic mass is 16.6. The van der Waals surface area contributed by atoms with Crippen LogP contribution in [0, 0.1) is 33.3 Å². The van der Waals surface area contributed by atoms with Crippen molar-refractivity contribution in [1.29, 1.82) is 5.26 Å². The van der Waals surface area contributed by atoms with Gasteiger partial charge in [0.25, 0.3) is 5.69 Å². The van der Waals surface area contributed by atoms with Crippen LogP contribution in [0.25, 0.3) is 0 Å². The Labute approximate surface area is 251 Å². The third-order valence-corrected chi connectivity index (χ3v) is 8.92. The van der Waals surface area contributed by atoms with E-state index >= 15 is 0 Å². The maximum atomic E-state index is 14.4. The lowest BCUT2D eigenvalue weighted by atomic mass is 9.47. The molecule has 0 unspecified atom stereocenters. The molecule has 1 N–H and O–H groups in total. The van der Waals surface area contributed by atoms with Gasteiger partial charge in [0.05, 0.1) is 39.8 Å². The molecule has 1 saturated heterocycles. The number of carbonyl (C=O) groups is 3. The fraction of sp³-hybridized carbons (Fsp3) is 0.147. The summed E-state index contributed by atoms with van der Waals surface area (Å²) >= 11 is 0. The van der Waals surface area contributed by atoms with Crippen molar-refractivity contribution in [1.82, 2.24) is 5.43 Å². The molecule has 4 aliphatic rings. The second-order valence-electron chi connectivity index (χ2n) is 11.1. The molecule has 4 aromatic rings. The first-order valence-electron chi connectivity index (χ1n) is 14.0. The lowest BCUT2D eigenvalue weighted by Crippen LogP contribution is -2.54. The van der Waals surface area contributed by atoms with Crippen LogP contribution in [0.15, 0.2) is 102 Å². The number of nitrogens with one attached hydrogen (secondary N) is 1. The number of amides is 3. The van der Waals surface area contributed by atoms with Crippen molar-refractivity contribution in [3.63, 3.8) is 0 Å². The number of non-ortho nitro benzene ring substituents is 1. The fourth-order valence-electron chi connectivity index (χ4n) is 7.22. The van der Waals surface area contributed by atoms with Crippen LogP contribution in [0.2, 0.25) is 0 Å². The summed E-state index contributed by atoms with van der Waals surface area (Å²) in [6.07, 6.45) is 1.50. The topological polar surface area (TPSA) is 146 Å². The summed E-state index contributed by atoms with van der Waals surface area (Å²) in [5.74, 6) is -3.26. The number of nitrogens with zero attached hydrogens (tertiary/aromatic N) is 4. The number of nitro benzene ring substituents is 1. The Hall–Kier alpha value is -5.95. The van der Waals surface area contributed by atoms with Crippen molar-refractivity contribution in [2.75, 3.05) is 4.90 Å². The summed E-state index contributed by atoms with van der Waals surface area (Å²) in [6, 6.07) is 29.7. The molecule has 4 aromatic carbocycles. The molecule has 8 rings (SSSR count). The lowest BCUT2D eigenvalue weighted by molar-refractivity contribution is -0.384. The minimum absolute atomic E-state index is 0.0697. The average Bonchev–Trinajstić information content (AvgIpc) is 3.31. The van der Waals surface area contributed by atoms with Gasteiger partial charge in [-0.05, 0) is 39.9 Å². The number of imide groups is 1. The summed E-state index contributed by atoms with van der Waals surface area (Å²) in [4.78, 5) is 53.2. The second kappa shape index (κ2) is 10.1. The Morgan fingerprint density at radius 2 is 1.55 bits per heavy atom. The third-order valence-electron chi connectivity index (χ3n) is 8.92. The predicted molar refractivity (Wildman–Crippen MR) is 160 cm³/mol. The van der Waals surface area contributed by atoms with Crippen LogP contribution in [-0.4, -0.2) is 28.9 Å². The highest BCUT2D eigenvalue weighted by molar-refractivity contribution is 6.25. The van der Waals surface area contributed by atoms with E-state index in [1.165, 1.54) is 24.3 Å². The predicted octanol–water partition coefficient (Wildman–Crippen LogP) is 4.36. The lowest BCUT2D eigenvalue weighted by Gasteiger charge is -2.52. The van der Waals surface area contributed by atoms with Gasteiger partial charge in [0, 0.05) is 24.3 Å². The molecule has 44 heavy (non-hydrogen) atoms. The average molecular weight is 582 g/mol. The minimum Gasteiger partial charge on any atom is -0.274 e. The highest BCUT2D eigenvalue weighted by Crippen LogP contribution is 2.63. The fourth-order valence-corrected chi connectivity index (χ4v) is 7.22. The van der Waals surface area contributed by atoms with E-state index in [1.807, 2.05) is 48.5 Å². The van der Waals surface area contributed by atoms with E-state index in [4.69, 9.17) is 0 Å². The highest BCUT2D eigenvalue weighted by Gasteiger charge is 2.68. The molecule has 0 radical (unpaired) electrons. The number of benzene rings is 4. The number of nitro groups is 1. The molecule has 10 heteroatoms. The molecule has 10 nitrogen and oxygen atoms in total. The Kier molecular flexibility index (Phi) is 6.18. The zero-order valence-electron chi connectivity index (χ0n) is 23.1. The molecule has 2 atom stereocenters. The van der Waals surface area contributed by atoms with Crippen LogP contribution in [0.3, 0.4) is 0 Å². The van der Waals surface area contributed by atoms with Crippen molar-refractivity contribution >= 4 is 35.3 Å². The first-order chi connectivity index (χ1) is 21.4. The number of anilines is 1. The van der Waals surface area contributed by atoms with Gasteiger partial charge in [-0.25, -0.2) is 10.3 Å². The van der Waals surface area contributed by atoms with Crippen LogP contribution < -0.4 is 10.3 Å². The van der Waals surface area contributed by atoms with Gasteiger partial charge in [0.2, 0.25) is 17.7 Å². The molecule has 3 amide bonds. The van der Waals surface area contributed by atoms with Gasteiger partial charge in [-0.2, -0.15) is 10.4 Å². The number of nitriles is 1. The van der Waals surface area contributed by atoms with Crippen molar-refractivity contribution < 1.29 is 19.3 Å². The Bertz CT molecular complexity index is 1910. The van der Waals surface area contributed by atoms with Crippen LogP contribution in [-0.2, 0) is 26.2 Å². The van der Waals surface area contributed by atoms with Gasteiger partial charge in [-0.15, -0.1) is 0 Å². The zero-order valence-corrected chi connectivity index (χ0v) is 23.1. The van der Waals surface area contributed by atoms with Gasteiger partial charge in [0.15, 0.2) is 0 Å². The van der Waals surface area contributed by atoms with Crippen molar-refractivity contribution in [3.8, 4) is 6.07 Å². The van der Waals surface area contributed by atoms with E-state index in [1.54, 1.807) is 30.5 Å². The normalized spacial score (nSPS) is 22.7. The van der Waals surface area contributed by atoms with E-state index in [0.29, 0.717) is 5.56 Å². The van der Waals surface area contributed by atoms with E-state index in [-0.39, 0.29) is 35.2 Å². The quantitative estimate of drug-likeness (QED) is 0.155. The van der Waals surface area contributed by atoms with Gasteiger partial charge >= 0.3 is 0 Å². The SMILES string of the molecule is N#Cc1ccccc1N1C(=O)[C@H]2C3c4ccccc4C(/C=N\NC(=O)Cc4ccc([N+](=O)[O-])cc4)(c4ccccc43)[C@H]2C1=O. The summed E-state index contributed by atoms with van der Waals surface area (Å²) < 4.78 is 0. The first-order valence-corrected chi connectivity index (χ1v) is 14.0. The monoisotopic (exact) mass is 581 g/mol. The molecule has 214 valence electrons. The van der Waals surface area contributed by atoms with Gasteiger partial charge in [-0.1, -0.05) is 72.8 Å². The molecule has 2 bridgehead atoms. The third kappa shape index (κ3) is 3.79. The molecule has 0 spiro atoms. The Morgan fingerprint density at radius 1 is 0.932 bits per heavy atom. The molecule has 1 heterocycles. The van der Waals surface area contributed by atoms with Gasteiger partial charge in [0.1, 0.15) is 6.07 Å². The smallest absolute Gasteiger partial charge is 0.269 e. The molecular weight excluding hydrogens is 558 g/mol. The van der Waals surface area contributed by atoms with E-state index in [9.17, 15) is 29.8 Å². The van der Waals surface area contributed by atoms with Gasteiger partial charge < -0.3 is 0 Å². The van der Waals surface area contributed by atoms with E-state index in [2.05, 4.69) is 16.6 Å². The van der Waals surface area contributed by atoms with Crippen molar-refractivity contribution in [2.45, 2.75) is 17.8 Å². The van der Waals surface area contributed by atoms with Crippen LogP contribution in [0.1, 0.15) is 39.3 Å². The molecule has 1 fully saturated rings. The van der Waals surface area contributed by atoms with Crippen LogP contribution in [0.5, 0.6) is 0 Å². The maximum Gasteiger partial charge on any atom is 0.269 e. The Morgan fingerprint density at radius 3 is 2.18 bits per heavy atom. The number of rotatable bonds is 6. The summed E-state index contributed by atoms with van der Waals surface area (Å²) in [5, 5.41) is 25.1. The summed E-state index contributed by atoms with van der Waals surface area (Å²) in [5.41, 5.74) is 5.81. The largest absolute Gasteiger partial charge is 0.274 e. The summed E-state index contributed by atoms with van der Waals surface area (Å²) in [7, 11) is 0. The number of hydrogen-bond acceptors (Lipinski definition) is 7. The number of carbonyl (C=O) groups excluding carboxylic acids is 3. The van der Waals surface area contributed by atoms with E-state index in [0.717, 1.165) is 27.2 Å². The number of hydrogen-bond donors (Lipinski definition) is 1. The first kappa shape index (κ1) is 26.9. The molecule has 3 aliphatic carbocycles. The molecular formula is C34H23N5O5. The van der Waals surface area contributed by atoms with Gasteiger partial charge in [-0.3, -0.25) is 24.5 Å². The zero-order chi connectivity index (χ0) is 30.6. The minimum atomic E-state index is -1.18. The van der Waals surface area contributed by atoms with Crippen molar-refractivity contribution in [3.05, 3.63) is 141 Å². The van der Waals surface area contributed by atoms with Crippen molar-refractivity contribution in [2.24, 2.45) is 16.9 Å². The van der Waals surface area contributed by atoms with E-state index < -0.39 is 34.0 Å². The molecule has 1 aliphatic heterocycles. The second-order valence-corrected chi connectivity index (χ2v) is 11.1. The van der Waals surface area contributed by atoms with Crippen LogP contribution in [0.4, 0.5) is 11.4 Å². The standard InChI is InChI=1S/C34H23N5O5/c35-18-21-7-1-6-12-27(21)38-32(41)30-29-23-8-2-4-10-25(23)34(31(30)33(38)42,26-11-5-3-9-24(26)29)19-36-37-28(40)17-20-13-15-22(16-14-20)39(43)44/h1-16,19,29-31H,17H2,(H,37,40)/b36-19-/t29?,30-,31+,34?/m0/s1. The number of para-hydroxylation sites is 1. The Balaban J connectivity index is 1.32. The van der Waals surface area contributed by atoms with Crippen LogP contribution >= 0.6 is 0 Å². The molecule has 0 aromatic heterocycles. The maximum absolute atomic E-state index is 14.4. The molecule has 0 saturated carbocycles. The number of hydrazone groups is 1. The summed E-state index contributed by atoms with van der Waals surface area (Å²) in [6.45, 7) is 0.